The molecule has 1 heterocycles. The van der Waals surface area contributed by atoms with Crippen LogP contribution in [0.25, 0.3) is 0 Å². The Morgan fingerprint density at radius 1 is 0.724 bits per heavy atom. The maximum atomic E-state index is 14.8. The second kappa shape index (κ2) is 34.0. The van der Waals surface area contributed by atoms with Gasteiger partial charge >= 0.3 is 12.1 Å². The molecule has 0 unspecified atom stereocenters. The molecule has 2 aromatic rings. The van der Waals surface area contributed by atoms with Gasteiger partial charge in [-0.25, -0.2) is 18.0 Å². The Hall–Kier alpha value is -6.90. The zero-order valence-electron chi connectivity index (χ0n) is 53.0. The summed E-state index contributed by atoms with van der Waals surface area (Å²) < 4.78 is 45.5. The van der Waals surface area contributed by atoms with Gasteiger partial charge < -0.3 is 62.1 Å². The predicted molar refractivity (Wildman–Crippen MR) is 328 cm³/mol. The third kappa shape index (κ3) is 21.2. The van der Waals surface area contributed by atoms with Crippen LogP contribution >= 0.6 is 0 Å². The van der Waals surface area contributed by atoms with Crippen LogP contribution < -0.4 is 42.8 Å². The monoisotopic (exact) mass is 1240 g/mol. The number of anilines is 1. The quantitative estimate of drug-likeness (QED) is 0.0465. The molecule has 0 radical (unpaired) electrons. The number of amides is 10. The van der Waals surface area contributed by atoms with Crippen LogP contribution in [-0.4, -0.2) is 178 Å². The van der Waals surface area contributed by atoms with Crippen LogP contribution in [0.3, 0.4) is 0 Å². The molecule has 26 heteroatoms. The summed E-state index contributed by atoms with van der Waals surface area (Å²) in [4.78, 5) is 127. The van der Waals surface area contributed by atoms with Crippen molar-refractivity contribution in [1.29, 1.82) is 0 Å². The molecule has 2 aromatic carbocycles. The third-order valence-corrected chi connectivity index (χ3v) is 18.3. The number of hydrogen-bond acceptors (Lipinski definition) is 15. The van der Waals surface area contributed by atoms with Crippen molar-refractivity contribution in [1.82, 2.24) is 40.7 Å². The van der Waals surface area contributed by atoms with Gasteiger partial charge in [0, 0.05) is 53.5 Å². The van der Waals surface area contributed by atoms with Gasteiger partial charge in [0.05, 0.1) is 47.9 Å². The molecule has 2 aliphatic rings. The summed E-state index contributed by atoms with van der Waals surface area (Å²) in [5.41, 5.74) is 12.8. The molecular formula is C61H97N11O14S. The summed E-state index contributed by atoms with van der Waals surface area (Å²) in [7, 11) is 2.05. The standard InChI is InChI=1S/C61H97N11O14S/c1-14-38(8)52(47(84-12)33-48(73)72-31-19-23-46(72)53(85-13)39(9)54(74)67-45(32-40-20-16-15-17-21-40)56(76)69-87(82,83)43-28-29-43)70(10)59(79)50(36(4)5)68-58(78)51(37(6)7)71(11)61(81)86-34-41-24-26-42(27-25-41)65-55(75)44(22-18-30-64-60(63)80)66-57(77)49(62)35(2)3/h15-17,20-21,24-27,35-39,43-47,49-53H,14,18-19,22-23,28-34,62H2,1-13H3,(H,65,75)(H,66,77)(H,67,74)(H,68,78)(H,69,76)(H3,63,64,80)/t38-,39+,44-,45-,46-,47+,49-,50-,51-,52-,53+/m0/s1. The molecule has 0 aromatic heterocycles. The average molecular weight is 1240 g/mol. The highest BCUT2D eigenvalue weighted by molar-refractivity contribution is 7.90. The zero-order valence-corrected chi connectivity index (χ0v) is 53.8. The molecule has 1 saturated carbocycles. The molecule has 10 N–H and O–H groups in total. The lowest BCUT2D eigenvalue weighted by Gasteiger charge is -2.41. The fraction of sp³-hybridized carbons (Fsp3) is 0.656. The average Bonchev–Trinajstić information content (AvgIpc) is 2.46. The van der Waals surface area contributed by atoms with Crippen LogP contribution in [0.5, 0.6) is 0 Å². The van der Waals surface area contributed by atoms with E-state index in [1.54, 1.807) is 115 Å². The number of primary amides is 1. The second-order valence-electron chi connectivity index (χ2n) is 24.1. The van der Waals surface area contributed by atoms with Crippen molar-refractivity contribution in [3.8, 4) is 0 Å². The van der Waals surface area contributed by atoms with Crippen molar-refractivity contribution in [2.75, 3.05) is 46.7 Å². The maximum absolute atomic E-state index is 14.8. The van der Waals surface area contributed by atoms with Crippen LogP contribution in [0.4, 0.5) is 15.3 Å². The van der Waals surface area contributed by atoms with E-state index in [1.165, 1.54) is 31.1 Å². The normalized spacial score (nSPS) is 17.7. The number of methoxy groups -OCH3 is 2. The number of rotatable bonds is 34. The minimum Gasteiger partial charge on any atom is -0.445 e. The van der Waals surface area contributed by atoms with Crippen LogP contribution in [0, 0.1) is 29.6 Å². The molecule has 4 rings (SSSR count). The van der Waals surface area contributed by atoms with Crippen molar-refractivity contribution >= 4 is 69.2 Å². The van der Waals surface area contributed by atoms with E-state index in [1.807, 2.05) is 13.8 Å². The first-order valence-corrected chi connectivity index (χ1v) is 31.7. The summed E-state index contributed by atoms with van der Waals surface area (Å²) in [5.74, 6) is -5.94. The van der Waals surface area contributed by atoms with Gasteiger partial charge in [-0.15, -0.1) is 0 Å². The largest absolute Gasteiger partial charge is 0.445 e. The number of carbonyl (C=O) groups excluding carboxylic acids is 9. The van der Waals surface area contributed by atoms with Crippen LogP contribution in [-0.2, 0) is 70.8 Å². The van der Waals surface area contributed by atoms with E-state index in [4.69, 9.17) is 25.7 Å². The van der Waals surface area contributed by atoms with Crippen LogP contribution in [0.15, 0.2) is 54.6 Å². The number of hydrogen-bond donors (Lipinski definition) is 8. The van der Waals surface area contributed by atoms with E-state index in [0.29, 0.717) is 61.9 Å². The van der Waals surface area contributed by atoms with Gasteiger partial charge in [-0.3, -0.25) is 43.2 Å². The molecule has 486 valence electrons. The zero-order chi connectivity index (χ0) is 65.0. The Kier molecular flexibility index (Phi) is 28.4. The van der Waals surface area contributed by atoms with Gasteiger partial charge in [-0.05, 0) is 85.5 Å². The summed E-state index contributed by atoms with van der Waals surface area (Å²) in [6, 6.07) is 8.21. The highest BCUT2D eigenvalue weighted by atomic mass is 32.2. The fourth-order valence-electron chi connectivity index (χ4n) is 10.9. The minimum atomic E-state index is -3.92. The number of sulfonamides is 1. The number of ether oxygens (including phenoxy) is 3. The topological polar surface area (TPSA) is 349 Å². The Balaban J connectivity index is 1.42. The molecule has 0 spiro atoms. The van der Waals surface area contributed by atoms with E-state index < -0.39 is 135 Å². The molecule has 1 aliphatic carbocycles. The first-order valence-electron chi connectivity index (χ1n) is 30.2. The number of nitrogens with one attached hydrogen (secondary N) is 6. The Morgan fingerprint density at radius 2 is 1.36 bits per heavy atom. The molecule has 25 nitrogen and oxygen atoms in total. The van der Waals surface area contributed by atoms with E-state index >= 15 is 0 Å². The lowest BCUT2D eigenvalue weighted by molar-refractivity contribution is -0.148. The van der Waals surface area contributed by atoms with Crippen molar-refractivity contribution in [3.05, 3.63) is 65.7 Å². The number of likely N-dealkylation sites (N-methyl/N-ethyl adjacent to an activating group) is 2. The number of likely N-dealkylation sites (tertiary alicyclic amines) is 1. The lowest BCUT2D eigenvalue weighted by Crippen LogP contribution is -2.60. The van der Waals surface area contributed by atoms with Gasteiger partial charge in [-0.1, -0.05) is 111 Å². The van der Waals surface area contributed by atoms with Crippen molar-refractivity contribution in [2.45, 2.75) is 186 Å². The summed E-state index contributed by atoms with van der Waals surface area (Å²) in [6.07, 6.45) is 0.508. The molecule has 1 saturated heterocycles. The number of nitrogens with zero attached hydrogens (tertiary/aromatic N) is 3. The molecule has 0 bridgehead atoms. The second-order valence-corrected chi connectivity index (χ2v) is 26.0. The van der Waals surface area contributed by atoms with Crippen LogP contribution in [0.2, 0.25) is 0 Å². The summed E-state index contributed by atoms with van der Waals surface area (Å²) in [6.45, 7) is 16.5. The number of carbonyl (C=O) groups is 9. The first-order chi connectivity index (χ1) is 41.0. The summed E-state index contributed by atoms with van der Waals surface area (Å²) >= 11 is 0. The molecule has 10 amide bonds. The third-order valence-electron chi connectivity index (χ3n) is 16.4. The highest BCUT2D eigenvalue weighted by Crippen LogP contribution is 2.31. The lowest BCUT2D eigenvalue weighted by atomic mass is 9.89. The molecule has 2 fully saturated rings. The van der Waals surface area contributed by atoms with Crippen molar-refractivity contribution in [2.24, 2.45) is 41.1 Å². The maximum Gasteiger partial charge on any atom is 0.410 e. The predicted octanol–water partition coefficient (Wildman–Crippen LogP) is 3.53. The van der Waals surface area contributed by atoms with Gasteiger partial charge in [0.1, 0.15) is 30.8 Å². The number of nitrogens with two attached hydrogens (primary N) is 2. The fourth-order valence-corrected chi connectivity index (χ4v) is 12.2. The number of benzene rings is 2. The first kappa shape index (κ1) is 72.6. The van der Waals surface area contributed by atoms with E-state index in [2.05, 4.69) is 31.3 Å². The van der Waals surface area contributed by atoms with Crippen molar-refractivity contribution < 1.29 is 65.8 Å². The van der Waals surface area contributed by atoms with E-state index in [-0.39, 0.29) is 50.2 Å². The SMILES string of the molecule is CC[C@H](C)[C@@H]([C@@H](CC(=O)N1CCC[C@H]1[C@H](OC)[C@@H](C)C(=O)N[C@@H](Cc1ccccc1)C(=O)NS(=O)(=O)C1CC1)OC)N(C)C(=O)[C@@H](NC(=O)[C@H](C(C)C)N(C)C(=O)OCc1ccc(NC(=O)[C@H](CCCNC(N)=O)NC(=O)[C@@H](N)C(C)C)cc1)C(C)C. The number of urea groups is 1. The van der Waals surface area contributed by atoms with E-state index in [0.717, 1.165) is 0 Å². The Morgan fingerprint density at radius 3 is 1.91 bits per heavy atom. The van der Waals surface area contributed by atoms with Gasteiger partial charge in [0.15, 0.2) is 0 Å². The smallest absolute Gasteiger partial charge is 0.410 e. The van der Waals surface area contributed by atoms with Crippen molar-refractivity contribution in [3.63, 3.8) is 0 Å². The highest BCUT2D eigenvalue weighted by Gasteiger charge is 2.45. The molecule has 11 atom stereocenters. The van der Waals surface area contributed by atoms with Gasteiger partial charge in [0.25, 0.3) is 5.91 Å². The van der Waals surface area contributed by atoms with Gasteiger partial charge in [-0.2, -0.15) is 0 Å². The van der Waals surface area contributed by atoms with Gasteiger partial charge in [0.2, 0.25) is 45.5 Å². The Bertz CT molecular complexity index is 2750. The summed E-state index contributed by atoms with van der Waals surface area (Å²) in [5, 5.41) is 13.0. The molecular weight excluding hydrogens is 1140 g/mol. The minimum absolute atomic E-state index is 0.0269. The van der Waals surface area contributed by atoms with Crippen LogP contribution in [0.1, 0.15) is 125 Å². The molecule has 87 heavy (non-hydrogen) atoms. The van der Waals surface area contributed by atoms with E-state index in [9.17, 15) is 51.6 Å². The molecule has 1 aliphatic heterocycles. The Labute approximate surface area is 513 Å².